The number of ether oxygens (including phenoxy) is 1. The molecule has 20 heavy (non-hydrogen) atoms. The minimum Gasteiger partial charge on any atom is -0.396 e. The average Bonchev–Trinajstić information content (AvgIpc) is 2.90. The zero-order chi connectivity index (χ0) is 14.4. The average molecular weight is 285 g/mol. The van der Waals surface area contributed by atoms with Crippen molar-refractivity contribution in [2.24, 2.45) is 11.8 Å². The van der Waals surface area contributed by atoms with Gasteiger partial charge in [-0.2, -0.15) is 0 Å². The van der Waals surface area contributed by atoms with Crippen LogP contribution in [-0.2, 0) is 4.74 Å². The summed E-state index contributed by atoms with van der Waals surface area (Å²) < 4.78 is 5.84. The van der Waals surface area contributed by atoms with E-state index in [0.29, 0.717) is 31.2 Å². The van der Waals surface area contributed by atoms with Crippen molar-refractivity contribution in [1.82, 2.24) is 5.32 Å². The molecule has 0 radical (unpaired) electrons. The second-order valence-corrected chi connectivity index (χ2v) is 6.77. The van der Waals surface area contributed by atoms with Gasteiger partial charge >= 0.3 is 0 Å². The topological polar surface area (TPSA) is 61.7 Å². The van der Waals surface area contributed by atoms with Crippen LogP contribution in [0.3, 0.4) is 0 Å². The Morgan fingerprint density at radius 3 is 2.75 bits per heavy atom. The molecule has 4 nitrogen and oxygen atoms in total. The van der Waals surface area contributed by atoms with Crippen molar-refractivity contribution in [3.8, 4) is 0 Å². The molecule has 0 spiro atoms. The normalized spacial score (nSPS) is 36.1. The molecule has 0 aromatic rings. The molecule has 5 unspecified atom stereocenters. The zero-order valence-corrected chi connectivity index (χ0v) is 12.8. The third-order valence-electron chi connectivity index (χ3n) is 4.92. The summed E-state index contributed by atoms with van der Waals surface area (Å²) in [6, 6.07) is 0.365. The van der Waals surface area contributed by atoms with Gasteiger partial charge in [-0.1, -0.05) is 26.2 Å². The lowest BCUT2D eigenvalue weighted by Gasteiger charge is -2.28. The molecule has 0 bridgehead atoms. The molecule has 2 fully saturated rings. The summed E-state index contributed by atoms with van der Waals surface area (Å²) in [5.74, 6) is 1.12. The molecule has 0 aromatic heterocycles. The van der Waals surface area contributed by atoms with Crippen molar-refractivity contribution >= 4 is 0 Å². The van der Waals surface area contributed by atoms with E-state index in [9.17, 15) is 10.2 Å². The lowest BCUT2D eigenvalue weighted by atomic mass is 9.89. The van der Waals surface area contributed by atoms with Gasteiger partial charge in [-0.25, -0.2) is 0 Å². The first kappa shape index (κ1) is 16.2. The molecule has 0 aliphatic heterocycles. The lowest BCUT2D eigenvalue weighted by molar-refractivity contribution is -0.0315. The highest BCUT2D eigenvalue weighted by atomic mass is 16.5. The van der Waals surface area contributed by atoms with Crippen LogP contribution in [0.2, 0.25) is 0 Å². The predicted octanol–water partition coefficient (Wildman–Crippen LogP) is 1.69. The van der Waals surface area contributed by atoms with Gasteiger partial charge in [0.15, 0.2) is 0 Å². The monoisotopic (exact) mass is 285 g/mol. The minimum atomic E-state index is -0.438. The van der Waals surface area contributed by atoms with Crippen molar-refractivity contribution in [1.29, 1.82) is 0 Å². The van der Waals surface area contributed by atoms with Gasteiger partial charge in [0.25, 0.3) is 0 Å². The van der Waals surface area contributed by atoms with Gasteiger partial charge < -0.3 is 20.3 Å². The largest absolute Gasteiger partial charge is 0.396 e. The summed E-state index contributed by atoms with van der Waals surface area (Å²) >= 11 is 0. The SMILES string of the molecule is CC1CCCC(OCC(O)CNC2CCCC2CO)C1. The van der Waals surface area contributed by atoms with Crippen molar-refractivity contribution < 1.29 is 14.9 Å². The van der Waals surface area contributed by atoms with Gasteiger partial charge in [0, 0.05) is 19.2 Å². The van der Waals surface area contributed by atoms with E-state index in [1.54, 1.807) is 0 Å². The van der Waals surface area contributed by atoms with Crippen LogP contribution in [0.4, 0.5) is 0 Å². The Hall–Kier alpha value is -0.160. The Kier molecular flexibility index (Phi) is 6.75. The lowest BCUT2D eigenvalue weighted by Crippen LogP contribution is -2.40. The first-order valence-electron chi connectivity index (χ1n) is 8.33. The summed E-state index contributed by atoms with van der Waals surface area (Å²) in [7, 11) is 0. The van der Waals surface area contributed by atoms with Crippen molar-refractivity contribution in [3.05, 3.63) is 0 Å². The van der Waals surface area contributed by atoms with E-state index in [1.807, 2.05) is 0 Å². The second-order valence-electron chi connectivity index (χ2n) is 6.77. The third-order valence-corrected chi connectivity index (χ3v) is 4.92. The highest BCUT2D eigenvalue weighted by Crippen LogP contribution is 2.26. The van der Waals surface area contributed by atoms with Crippen LogP contribution in [0.25, 0.3) is 0 Å². The highest BCUT2D eigenvalue weighted by molar-refractivity contribution is 4.83. The predicted molar refractivity (Wildman–Crippen MR) is 79.6 cm³/mol. The van der Waals surface area contributed by atoms with Gasteiger partial charge in [-0.3, -0.25) is 0 Å². The van der Waals surface area contributed by atoms with E-state index in [-0.39, 0.29) is 6.61 Å². The summed E-state index contributed by atoms with van der Waals surface area (Å²) in [4.78, 5) is 0. The summed E-state index contributed by atoms with van der Waals surface area (Å²) in [5.41, 5.74) is 0. The van der Waals surface area contributed by atoms with Crippen molar-refractivity contribution in [2.75, 3.05) is 19.8 Å². The maximum atomic E-state index is 10.0. The van der Waals surface area contributed by atoms with E-state index in [4.69, 9.17) is 4.74 Å². The van der Waals surface area contributed by atoms with Gasteiger partial charge in [0.05, 0.1) is 18.8 Å². The van der Waals surface area contributed by atoms with Gasteiger partial charge in [0.2, 0.25) is 0 Å². The van der Waals surface area contributed by atoms with E-state index in [1.165, 1.54) is 19.3 Å². The smallest absolute Gasteiger partial charge is 0.0897 e. The van der Waals surface area contributed by atoms with Gasteiger partial charge in [-0.05, 0) is 37.5 Å². The number of aliphatic hydroxyl groups excluding tert-OH is 2. The van der Waals surface area contributed by atoms with E-state index in [2.05, 4.69) is 12.2 Å². The summed E-state index contributed by atoms with van der Waals surface area (Å²) in [5, 5.41) is 22.7. The molecule has 0 heterocycles. The fourth-order valence-corrected chi connectivity index (χ4v) is 3.65. The van der Waals surface area contributed by atoms with Crippen LogP contribution in [-0.4, -0.2) is 48.2 Å². The van der Waals surface area contributed by atoms with E-state index < -0.39 is 6.10 Å². The van der Waals surface area contributed by atoms with E-state index >= 15 is 0 Å². The molecule has 2 aliphatic rings. The Morgan fingerprint density at radius 2 is 2.00 bits per heavy atom. The number of aliphatic hydroxyl groups is 2. The molecule has 0 aromatic carbocycles. The molecule has 5 atom stereocenters. The molecular formula is C16H31NO3. The molecule has 3 N–H and O–H groups in total. The first-order chi connectivity index (χ1) is 9.69. The number of nitrogens with one attached hydrogen (secondary N) is 1. The number of rotatable bonds is 7. The zero-order valence-electron chi connectivity index (χ0n) is 12.8. The quantitative estimate of drug-likeness (QED) is 0.666. The van der Waals surface area contributed by atoms with Crippen LogP contribution in [0.5, 0.6) is 0 Å². The van der Waals surface area contributed by atoms with Crippen LogP contribution in [0, 0.1) is 11.8 Å². The van der Waals surface area contributed by atoms with Gasteiger partial charge in [-0.15, -0.1) is 0 Å². The van der Waals surface area contributed by atoms with Crippen LogP contribution in [0.1, 0.15) is 51.9 Å². The van der Waals surface area contributed by atoms with Crippen LogP contribution < -0.4 is 5.32 Å². The van der Waals surface area contributed by atoms with Crippen molar-refractivity contribution in [3.63, 3.8) is 0 Å². The number of hydrogen-bond acceptors (Lipinski definition) is 4. The molecular weight excluding hydrogens is 254 g/mol. The van der Waals surface area contributed by atoms with Crippen molar-refractivity contribution in [2.45, 2.75) is 70.1 Å². The first-order valence-corrected chi connectivity index (χ1v) is 8.33. The highest BCUT2D eigenvalue weighted by Gasteiger charge is 2.26. The third kappa shape index (κ3) is 4.99. The minimum absolute atomic E-state index is 0.254. The number of hydrogen-bond donors (Lipinski definition) is 3. The van der Waals surface area contributed by atoms with Crippen LogP contribution in [0.15, 0.2) is 0 Å². The fraction of sp³-hybridized carbons (Fsp3) is 1.00. The maximum Gasteiger partial charge on any atom is 0.0897 e. The Balaban J connectivity index is 1.59. The van der Waals surface area contributed by atoms with E-state index in [0.717, 1.165) is 31.6 Å². The Bertz CT molecular complexity index is 274. The summed E-state index contributed by atoms with van der Waals surface area (Å²) in [6.45, 7) is 3.54. The molecule has 2 rings (SSSR count). The Morgan fingerprint density at radius 1 is 1.20 bits per heavy atom. The maximum absolute atomic E-state index is 10.0. The van der Waals surface area contributed by atoms with Gasteiger partial charge in [0.1, 0.15) is 0 Å². The Labute approximate surface area is 122 Å². The fourth-order valence-electron chi connectivity index (χ4n) is 3.65. The summed E-state index contributed by atoms with van der Waals surface area (Å²) in [6.07, 6.45) is 8.12. The molecule has 4 heteroatoms. The van der Waals surface area contributed by atoms with Crippen LogP contribution >= 0.6 is 0 Å². The second kappa shape index (κ2) is 8.32. The molecule has 0 saturated heterocycles. The molecule has 2 saturated carbocycles. The standard InChI is InChI=1S/C16H31NO3/c1-12-4-2-6-15(8-12)20-11-14(19)9-17-16-7-3-5-13(16)10-18/h12-19H,2-11H2,1H3. The molecule has 2 aliphatic carbocycles. The molecule has 118 valence electrons. The molecule has 0 amide bonds.